The van der Waals surface area contributed by atoms with Gasteiger partial charge in [-0.3, -0.25) is 4.90 Å². The predicted molar refractivity (Wildman–Crippen MR) is 80.8 cm³/mol. The van der Waals surface area contributed by atoms with Crippen LogP contribution in [-0.4, -0.2) is 50.3 Å². The van der Waals surface area contributed by atoms with Gasteiger partial charge in [-0.15, -0.1) is 0 Å². The molecule has 21 heavy (non-hydrogen) atoms. The Bertz CT molecular complexity index is 466. The number of hydrogen-bond donors (Lipinski definition) is 1. The van der Waals surface area contributed by atoms with Gasteiger partial charge in [-0.25, -0.2) is 4.79 Å². The molecular formula is C16H24N2O3. The molecule has 1 aromatic carbocycles. The van der Waals surface area contributed by atoms with E-state index in [-0.39, 0.29) is 0 Å². The van der Waals surface area contributed by atoms with Crippen LogP contribution in [0.2, 0.25) is 0 Å². The number of rotatable bonds is 5. The van der Waals surface area contributed by atoms with Gasteiger partial charge in [0.05, 0.1) is 20.3 Å². The molecule has 1 fully saturated rings. The zero-order chi connectivity index (χ0) is 15.3. The summed E-state index contributed by atoms with van der Waals surface area (Å²) in [7, 11) is 1.38. The van der Waals surface area contributed by atoms with Crippen LogP contribution in [0.3, 0.4) is 0 Å². The Hall–Kier alpha value is -1.43. The molecule has 2 atom stereocenters. The highest BCUT2D eigenvalue weighted by Crippen LogP contribution is 2.25. The van der Waals surface area contributed by atoms with Crippen molar-refractivity contribution in [2.24, 2.45) is 5.73 Å². The number of nitrogens with zero attached hydrogens (tertiary/aromatic N) is 1. The Morgan fingerprint density at radius 1 is 1.48 bits per heavy atom. The van der Waals surface area contributed by atoms with E-state index in [1.807, 2.05) is 30.3 Å². The predicted octanol–water partition coefficient (Wildman–Crippen LogP) is 1.12. The first-order valence-electron chi connectivity index (χ1n) is 7.32. The number of carbonyl (C=O) groups excluding carboxylic acids is 1. The third-order valence-electron chi connectivity index (χ3n) is 4.14. The molecule has 0 saturated carbocycles. The monoisotopic (exact) mass is 292 g/mol. The quantitative estimate of drug-likeness (QED) is 0.824. The highest BCUT2D eigenvalue weighted by molar-refractivity contribution is 5.82. The fourth-order valence-corrected chi connectivity index (χ4v) is 2.70. The number of methoxy groups -OCH3 is 1. The van der Waals surface area contributed by atoms with Gasteiger partial charge in [0.2, 0.25) is 0 Å². The smallest absolute Gasteiger partial charge is 0.330 e. The zero-order valence-corrected chi connectivity index (χ0v) is 12.7. The van der Waals surface area contributed by atoms with Crippen LogP contribution >= 0.6 is 0 Å². The number of carbonyl (C=O) groups is 1. The second kappa shape index (κ2) is 7.02. The van der Waals surface area contributed by atoms with Gasteiger partial charge in [-0.05, 0) is 18.9 Å². The largest absolute Gasteiger partial charge is 0.467 e. The van der Waals surface area contributed by atoms with Crippen molar-refractivity contribution in [2.75, 3.05) is 33.4 Å². The molecule has 2 rings (SSSR count). The molecule has 5 heteroatoms. The lowest BCUT2D eigenvalue weighted by Gasteiger charge is -2.36. The van der Waals surface area contributed by atoms with Crippen LogP contribution in [0.1, 0.15) is 18.9 Å². The second-order valence-electron chi connectivity index (χ2n) is 5.54. The molecule has 0 amide bonds. The number of nitrogens with two attached hydrogens (primary N) is 1. The van der Waals surface area contributed by atoms with E-state index >= 15 is 0 Å². The van der Waals surface area contributed by atoms with Crippen LogP contribution in [0.15, 0.2) is 30.3 Å². The third kappa shape index (κ3) is 3.61. The molecule has 2 unspecified atom stereocenters. The molecule has 0 radical (unpaired) electrons. The lowest BCUT2D eigenvalue weighted by atomic mass is 9.87. The molecule has 0 bridgehead atoms. The van der Waals surface area contributed by atoms with Crippen molar-refractivity contribution in [1.29, 1.82) is 0 Å². The minimum atomic E-state index is -1.10. The molecule has 1 aliphatic heterocycles. The SMILES string of the molecule is COC(=O)C(N)(CCN1CCOCC1C)c1ccccc1. The van der Waals surface area contributed by atoms with Gasteiger partial charge < -0.3 is 15.2 Å². The fourth-order valence-electron chi connectivity index (χ4n) is 2.70. The minimum absolute atomic E-state index is 0.344. The van der Waals surface area contributed by atoms with Crippen molar-refractivity contribution >= 4 is 5.97 Å². The molecular weight excluding hydrogens is 268 g/mol. The summed E-state index contributed by atoms with van der Waals surface area (Å²) in [5.74, 6) is -0.394. The van der Waals surface area contributed by atoms with Crippen molar-refractivity contribution in [1.82, 2.24) is 4.90 Å². The molecule has 1 aliphatic rings. The Morgan fingerprint density at radius 3 is 2.81 bits per heavy atom. The first-order chi connectivity index (χ1) is 10.1. The van der Waals surface area contributed by atoms with Crippen molar-refractivity contribution < 1.29 is 14.3 Å². The maximum Gasteiger partial charge on any atom is 0.330 e. The number of hydrogen-bond acceptors (Lipinski definition) is 5. The van der Waals surface area contributed by atoms with E-state index in [1.54, 1.807) is 0 Å². The molecule has 5 nitrogen and oxygen atoms in total. The van der Waals surface area contributed by atoms with Gasteiger partial charge in [0.25, 0.3) is 0 Å². The number of esters is 1. The second-order valence-corrected chi connectivity index (χ2v) is 5.54. The topological polar surface area (TPSA) is 64.8 Å². The summed E-state index contributed by atoms with van der Waals surface area (Å²) < 4.78 is 10.4. The minimum Gasteiger partial charge on any atom is -0.467 e. The Labute approximate surface area is 126 Å². The van der Waals surface area contributed by atoms with Crippen molar-refractivity contribution in [3.05, 3.63) is 35.9 Å². The normalized spacial score (nSPS) is 22.5. The lowest BCUT2D eigenvalue weighted by molar-refractivity contribution is -0.148. The van der Waals surface area contributed by atoms with Crippen LogP contribution in [-0.2, 0) is 19.8 Å². The van der Waals surface area contributed by atoms with E-state index in [9.17, 15) is 4.79 Å². The van der Waals surface area contributed by atoms with Gasteiger partial charge in [0.15, 0.2) is 0 Å². The molecule has 1 heterocycles. The molecule has 2 N–H and O–H groups in total. The molecule has 1 aromatic rings. The highest BCUT2D eigenvalue weighted by atomic mass is 16.5. The van der Waals surface area contributed by atoms with Crippen molar-refractivity contribution in [3.63, 3.8) is 0 Å². The van der Waals surface area contributed by atoms with Gasteiger partial charge in [0, 0.05) is 19.1 Å². The van der Waals surface area contributed by atoms with Gasteiger partial charge in [-0.2, -0.15) is 0 Å². The molecule has 0 spiro atoms. The summed E-state index contributed by atoms with van der Waals surface area (Å²) in [4.78, 5) is 14.5. The maximum absolute atomic E-state index is 12.2. The number of benzene rings is 1. The number of ether oxygens (including phenoxy) is 2. The van der Waals surface area contributed by atoms with Crippen LogP contribution in [0.5, 0.6) is 0 Å². The summed E-state index contributed by atoms with van der Waals surface area (Å²) in [5, 5.41) is 0. The molecule has 1 saturated heterocycles. The van der Waals surface area contributed by atoms with E-state index in [1.165, 1.54) is 7.11 Å². The molecule has 0 aliphatic carbocycles. The van der Waals surface area contributed by atoms with Gasteiger partial charge in [0.1, 0.15) is 5.54 Å². The van der Waals surface area contributed by atoms with Crippen LogP contribution in [0, 0.1) is 0 Å². The van der Waals surface area contributed by atoms with Crippen LogP contribution < -0.4 is 5.73 Å². The Balaban J connectivity index is 2.12. The van der Waals surface area contributed by atoms with Crippen molar-refractivity contribution in [3.8, 4) is 0 Å². The lowest BCUT2D eigenvalue weighted by Crippen LogP contribution is -2.51. The first-order valence-corrected chi connectivity index (χ1v) is 7.32. The fraction of sp³-hybridized carbons (Fsp3) is 0.562. The third-order valence-corrected chi connectivity index (χ3v) is 4.14. The van der Waals surface area contributed by atoms with Crippen LogP contribution in [0.4, 0.5) is 0 Å². The van der Waals surface area contributed by atoms with E-state index < -0.39 is 11.5 Å². The average molecular weight is 292 g/mol. The molecule has 0 aromatic heterocycles. The van der Waals surface area contributed by atoms with E-state index in [0.717, 1.165) is 31.9 Å². The zero-order valence-electron chi connectivity index (χ0n) is 12.7. The van der Waals surface area contributed by atoms with E-state index in [0.29, 0.717) is 12.5 Å². The summed E-state index contributed by atoms with van der Waals surface area (Å²) in [6.07, 6.45) is 0.522. The van der Waals surface area contributed by atoms with Crippen LogP contribution in [0.25, 0.3) is 0 Å². The summed E-state index contributed by atoms with van der Waals surface area (Å²) in [6, 6.07) is 9.77. The Morgan fingerprint density at radius 2 is 2.19 bits per heavy atom. The van der Waals surface area contributed by atoms with E-state index in [4.69, 9.17) is 15.2 Å². The summed E-state index contributed by atoms with van der Waals surface area (Å²) in [5.41, 5.74) is 6.09. The number of morpholine rings is 1. The highest BCUT2D eigenvalue weighted by Gasteiger charge is 2.37. The summed E-state index contributed by atoms with van der Waals surface area (Å²) >= 11 is 0. The van der Waals surface area contributed by atoms with Gasteiger partial charge in [-0.1, -0.05) is 30.3 Å². The standard InChI is InChI=1S/C16H24N2O3/c1-13-12-21-11-10-18(13)9-8-16(17,15(19)20-2)14-6-4-3-5-7-14/h3-7,13H,8-12,17H2,1-2H3. The Kier molecular flexibility index (Phi) is 5.33. The first kappa shape index (κ1) is 15.9. The maximum atomic E-state index is 12.2. The van der Waals surface area contributed by atoms with Crippen molar-refractivity contribution in [2.45, 2.75) is 24.9 Å². The van der Waals surface area contributed by atoms with E-state index in [2.05, 4.69) is 11.8 Å². The van der Waals surface area contributed by atoms with Gasteiger partial charge >= 0.3 is 5.97 Å². The average Bonchev–Trinajstić information content (AvgIpc) is 2.54. The molecule has 116 valence electrons. The summed E-state index contributed by atoms with van der Waals surface area (Å²) in [6.45, 7) is 5.18.